The van der Waals surface area contributed by atoms with Crippen LogP contribution < -0.4 is 4.74 Å². The molecule has 2 nitrogen and oxygen atoms in total. The van der Waals surface area contributed by atoms with E-state index in [1.165, 1.54) is 31.3 Å². The van der Waals surface area contributed by atoms with Gasteiger partial charge in [-0.3, -0.25) is 0 Å². The standard InChI is InChI=1S/C17H24O2/c18-17(15-9-5-2-1-3-6-10-15)13-14-19-16-11-7-4-8-12-16/h4,7-9,11-12,17-18H,1-3,5-6,10,13-14H2/b15-9+. The summed E-state index contributed by atoms with van der Waals surface area (Å²) in [5, 5.41) is 10.2. The van der Waals surface area contributed by atoms with Crippen LogP contribution in [0.4, 0.5) is 0 Å². The minimum Gasteiger partial charge on any atom is -0.493 e. The zero-order valence-electron chi connectivity index (χ0n) is 11.6. The van der Waals surface area contributed by atoms with Crippen molar-refractivity contribution in [2.24, 2.45) is 0 Å². The van der Waals surface area contributed by atoms with E-state index in [4.69, 9.17) is 4.74 Å². The van der Waals surface area contributed by atoms with E-state index < -0.39 is 0 Å². The van der Waals surface area contributed by atoms with Crippen LogP contribution in [0, 0.1) is 0 Å². The molecule has 1 aliphatic rings. The van der Waals surface area contributed by atoms with Gasteiger partial charge in [-0.05, 0) is 43.4 Å². The van der Waals surface area contributed by atoms with Gasteiger partial charge in [0.05, 0.1) is 12.7 Å². The molecule has 0 amide bonds. The summed E-state index contributed by atoms with van der Waals surface area (Å²) in [5.74, 6) is 0.876. The lowest BCUT2D eigenvalue weighted by Gasteiger charge is -2.17. The maximum Gasteiger partial charge on any atom is 0.119 e. The van der Waals surface area contributed by atoms with Gasteiger partial charge in [-0.2, -0.15) is 0 Å². The molecule has 1 aromatic carbocycles. The van der Waals surface area contributed by atoms with E-state index in [-0.39, 0.29) is 6.10 Å². The Labute approximate surface area is 116 Å². The van der Waals surface area contributed by atoms with E-state index in [0.717, 1.165) is 18.6 Å². The van der Waals surface area contributed by atoms with E-state index in [9.17, 15) is 5.11 Å². The molecule has 2 rings (SSSR count). The summed E-state index contributed by atoms with van der Waals surface area (Å²) in [4.78, 5) is 0. The quantitative estimate of drug-likeness (QED) is 0.808. The summed E-state index contributed by atoms with van der Waals surface area (Å²) in [6.45, 7) is 0.572. The van der Waals surface area contributed by atoms with Crippen molar-refractivity contribution in [2.75, 3.05) is 6.61 Å². The molecule has 19 heavy (non-hydrogen) atoms. The molecule has 1 unspecified atom stereocenters. The van der Waals surface area contributed by atoms with Crippen LogP contribution in [0.15, 0.2) is 42.0 Å². The van der Waals surface area contributed by atoms with Crippen molar-refractivity contribution in [3.05, 3.63) is 42.0 Å². The lowest BCUT2D eigenvalue weighted by Crippen LogP contribution is -2.15. The Bertz CT molecular complexity index is 384. The molecule has 0 aromatic heterocycles. The molecule has 0 radical (unpaired) electrons. The number of hydrogen-bond donors (Lipinski definition) is 1. The highest BCUT2D eigenvalue weighted by Gasteiger charge is 2.12. The third-order valence-electron chi connectivity index (χ3n) is 3.66. The monoisotopic (exact) mass is 260 g/mol. The van der Waals surface area contributed by atoms with Crippen LogP contribution in [0.2, 0.25) is 0 Å². The number of hydrogen-bond acceptors (Lipinski definition) is 2. The van der Waals surface area contributed by atoms with Crippen molar-refractivity contribution in [2.45, 2.75) is 51.0 Å². The van der Waals surface area contributed by atoms with Crippen LogP contribution >= 0.6 is 0 Å². The SMILES string of the molecule is OC(CCOc1ccccc1)/C1=C/CCCCCC1. The maximum atomic E-state index is 10.2. The smallest absolute Gasteiger partial charge is 0.119 e. The molecule has 1 N–H and O–H groups in total. The molecule has 1 atom stereocenters. The molecule has 0 bridgehead atoms. The number of para-hydroxylation sites is 1. The van der Waals surface area contributed by atoms with Crippen LogP contribution in [0.5, 0.6) is 5.75 Å². The maximum absolute atomic E-state index is 10.2. The van der Waals surface area contributed by atoms with E-state index in [0.29, 0.717) is 13.0 Å². The fraction of sp³-hybridized carbons (Fsp3) is 0.529. The van der Waals surface area contributed by atoms with Crippen LogP contribution in [-0.4, -0.2) is 17.8 Å². The zero-order valence-corrected chi connectivity index (χ0v) is 11.6. The number of aliphatic hydroxyl groups excluding tert-OH is 1. The predicted molar refractivity (Wildman–Crippen MR) is 78.3 cm³/mol. The van der Waals surface area contributed by atoms with Gasteiger partial charge in [0, 0.05) is 6.42 Å². The largest absolute Gasteiger partial charge is 0.493 e. The first-order valence-corrected chi connectivity index (χ1v) is 7.41. The summed E-state index contributed by atoms with van der Waals surface area (Å²) < 4.78 is 5.64. The zero-order chi connectivity index (χ0) is 13.3. The lowest BCUT2D eigenvalue weighted by atomic mass is 9.95. The van der Waals surface area contributed by atoms with E-state index >= 15 is 0 Å². The van der Waals surface area contributed by atoms with Crippen LogP contribution in [-0.2, 0) is 0 Å². The summed E-state index contributed by atoms with van der Waals surface area (Å²) in [6, 6.07) is 9.79. The first-order chi connectivity index (χ1) is 9.36. The van der Waals surface area contributed by atoms with E-state index in [1.807, 2.05) is 30.3 Å². The highest BCUT2D eigenvalue weighted by molar-refractivity contribution is 5.20. The van der Waals surface area contributed by atoms with Crippen LogP contribution in [0.3, 0.4) is 0 Å². The minimum absolute atomic E-state index is 0.332. The molecule has 0 saturated heterocycles. The summed E-state index contributed by atoms with van der Waals surface area (Å²) >= 11 is 0. The fourth-order valence-electron chi connectivity index (χ4n) is 2.51. The average molecular weight is 260 g/mol. The second kappa shape index (κ2) is 8.00. The van der Waals surface area contributed by atoms with Gasteiger partial charge >= 0.3 is 0 Å². The number of ether oxygens (including phenoxy) is 1. The molecule has 0 heterocycles. The van der Waals surface area contributed by atoms with Gasteiger partial charge in [-0.15, -0.1) is 0 Å². The van der Waals surface area contributed by atoms with Crippen molar-refractivity contribution >= 4 is 0 Å². The van der Waals surface area contributed by atoms with Crippen molar-refractivity contribution in [3.63, 3.8) is 0 Å². The normalized spacial score (nSPS) is 20.8. The molecule has 2 heteroatoms. The third-order valence-corrected chi connectivity index (χ3v) is 3.66. The minimum atomic E-state index is -0.332. The number of allylic oxidation sites excluding steroid dienone is 1. The summed E-state index contributed by atoms with van der Waals surface area (Å²) in [6.07, 6.45) is 9.86. The molecule has 0 saturated carbocycles. The molecule has 0 aliphatic heterocycles. The van der Waals surface area contributed by atoms with Gasteiger partial charge in [0.25, 0.3) is 0 Å². The summed E-state index contributed by atoms with van der Waals surface area (Å²) in [5.41, 5.74) is 1.22. The van der Waals surface area contributed by atoms with Crippen molar-refractivity contribution in [3.8, 4) is 5.75 Å². The molecule has 104 valence electrons. The Morgan fingerprint density at radius 2 is 1.84 bits per heavy atom. The van der Waals surface area contributed by atoms with Gasteiger partial charge in [0.2, 0.25) is 0 Å². The van der Waals surface area contributed by atoms with Crippen molar-refractivity contribution in [1.82, 2.24) is 0 Å². The first kappa shape index (κ1) is 14.1. The topological polar surface area (TPSA) is 29.5 Å². The Kier molecular flexibility index (Phi) is 5.96. The van der Waals surface area contributed by atoms with Gasteiger partial charge < -0.3 is 9.84 Å². The van der Waals surface area contributed by atoms with Gasteiger partial charge in [-0.1, -0.05) is 37.1 Å². The Balaban J connectivity index is 1.75. The number of aliphatic hydroxyl groups is 1. The lowest BCUT2D eigenvalue weighted by molar-refractivity contribution is 0.164. The Morgan fingerprint density at radius 3 is 2.68 bits per heavy atom. The summed E-state index contributed by atoms with van der Waals surface area (Å²) in [7, 11) is 0. The fourth-order valence-corrected chi connectivity index (χ4v) is 2.51. The highest BCUT2D eigenvalue weighted by atomic mass is 16.5. The molecular formula is C17H24O2. The predicted octanol–water partition coefficient (Wildman–Crippen LogP) is 4.10. The van der Waals surface area contributed by atoms with Crippen LogP contribution in [0.1, 0.15) is 44.9 Å². The molecule has 0 spiro atoms. The van der Waals surface area contributed by atoms with Gasteiger partial charge in [0.1, 0.15) is 5.75 Å². The van der Waals surface area contributed by atoms with Gasteiger partial charge in [-0.25, -0.2) is 0 Å². The van der Waals surface area contributed by atoms with E-state index in [2.05, 4.69) is 6.08 Å². The second-order valence-electron chi connectivity index (χ2n) is 5.20. The van der Waals surface area contributed by atoms with Crippen LogP contribution in [0.25, 0.3) is 0 Å². The van der Waals surface area contributed by atoms with E-state index in [1.54, 1.807) is 0 Å². The molecule has 1 aliphatic carbocycles. The second-order valence-corrected chi connectivity index (χ2v) is 5.20. The third kappa shape index (κ3) is 5.07. The number of benzene rings is 1. The first-order valence-electron chi connectivity index (χ1n) is 7.41. The Hall–Kier alpha value is -1.28. The average Bonchev–Trinajstić information content (AvgIpc) is 2.39. The van der Waals surface area contributed by atoms with Crippen molar-refractivity contribution in [1.29, 1.82) is 0 Å². The molecular weight excluding hydrogens is 236 g/mol. The Morgan fingerprint density at radius 1 is 1.05 bits per heavy atom. The van der Waals surface area contributed by atoms with Gasteiger partial charge in [0.15, 0.2) is 0 Å². The number of rotatable bonds is 5. The van der Waals surface area contributed by atoms with Crippen molar-refractivity contribution < 1.29 is 9.84 Å². The molecule has 1 aromatic rings. The highest BCUT2D eigenvalue weighted by Crippen LogP contribution is 2.21. The molecule has 0 fully saturated rings.